The van der Waals surface area contributed by atoms with Crippen molar-refractivity contribution >= 4 is 0 Å². The number of likely N-dealkylation sites (tertiary alicyclic amines) is 1. The van der Waals surface area contributed by atoms with Crippen LogP contribution in [-0.4, -0.2) is 35.7 Å². The van der Waals surface area contributed by atoms with Crippen LogP contribution in [0.15, 0.2) is 0 Å². The van der Waals surface area contributed by atoms with Crippen molar-refractivity contribution in [2.75, 3.05) is 13.7 Å². The second kappa shape index (κ2) is 3.21. The van der Waals surface area contributed by atoms with Gasteiger partial charge < -0.3 is 4.74 Å². The Morgan fingerprint density at radius 1 is 1.29 bits per heavy atom. The SMILES string of the molecule is CN1[C@H](COC(C)(C)C)CCC12CC2. The highest BCUT2D eigenvalue weighted by Crippen LogP contribution is 2.50. The first-order valence-electron chi connectivity index (χ1n) is 5.80. The smallest absolute Gasteiger partial charge is 0.0629 e. The van der Waals surface area contributed by atoms with E-state index in [2.05, 4.69) is 32.7 Å². The molecule has 1 atom stereocenters. The number of ether oxygens (including phenoxy) is 1. The molecule has 0 aromatic rings. The van der Waals surface area contributed by atoms with Gasteiger partial charge in [0, 0.05) is 11.6 Å². The van der Waals surface area contributed by atoms with Crippen LogP contribution in [0, 0.1) is 0 Å². The molecule has 2 fully saturated rings. The third-order valence-electron chi connectivity index (χ3n) is 3.77. The van der Waals surface area contributed by atoms with Crippen molar-refractivity contribution in [3.05, 3.63) is 0 Å². The number of hydrogen-bond acceptors (Lipinski definition) is 2. The van der Waals surface area contributed by atoms with Gasteiger partial charge in [0.25, 0.3) is 0 Å². The summed E-state index contributed by atoms with van der Waals surface area (Å²) in [6.07, 6.45) is 5.54. The molecule has 2 aliphatic rings. The maximum absolute atomic E-state index is 5.86. The van der Waals surface area contributed by atoms with Gasteiger partial charge in [0.2, 0.25) is 0 Å². The quantitative estimate of drug-likeness (QED) is 0.674. The first-order chi connectivity index (χ1) is 6.43. The van der Waals surface area contributed by atoms with Crippen LogP contribution in [0.3, 0.4) is 0 Å². The fourth-order valence-electron chi connectivity index (χ4n) is 2.48. The van der Waals surface area contributed by atoms with Gasteiger partial charge in [-0.2, -0.15) is 0 Å². The van der Waals surface area contributed by atoms with Gasteiger partial charge in [-0.3, -0.25) is 4.90 Å². The van der Waals surface area contributed by atoms with Crippen LogP contribution >= 0.6 is 0 Å². The van der Waals surface area contributed by atoms with Crippen LogP contribution in [0.2, 0.25) is 0 Å². The van der Waals surface area contributed by atoms with Crippen LogP contribution in [0.4, 0.5) is 0 Å². The highest BCUT2D eigenvalue weighted by molar-refractivity contribution is 5.09. The van der Waals surface area contributed by atoms with Crippen molar-refractivity contribution in [3.8, 4) is 0 Å². The molecule has 1 aliphatic heterocycles. The average Bonchev–Trinajstić information content (AvgIpc) is 2.76. The maximum atomic E-state index is 5.86. The molecule has 14 heavy (non-hydrogen) atoms. The summed E-state index contributed by atoms with van der Waals surface area (Å²) in [7, 11) is 2.27. The topological polar surface area (TPSA) is 12.5 Å². The van der Waals surface area contributed by atoms with E-state index in [1.807, 2.05) is 0 Å². The molecule has 0 N–H and O–H groups in total. The van der Waals surface area contributed by atoms with Crippen LogP contribution in [0.1, 0.15) is 46.5 Å². The zero-order valence-electron chi connectivity index (χ0n) is 9.97. The molecule has 2 nitrogen and oxygen atoms in total. The lowest BCUT2D eigenvalue weighted by atomic mass is 10.1. The Kier molecular flexibility index (Phi) is 2.39. The van der Waals surface area contributed by atoms with E-state index in [0.717, 1.165) is 6.61 Å². The number of likely N-dealkylation sites (N-methyl/N-ethyl adjacent to an activating group) is 1. The Labute approximate surface area is 87.6 Å². The molecule has 2 heteroatoms. The van der Waals surface area contributed by atoms with E-state index in [4.69, 9.17) is 4.74 Å². The van der Waals surface area contributed by atoms with Gasteiger partial charge in [-0.25, -0.2) is 0 Å². The molecule has 0 aromatic carbocycles. The van der Waals surface area contributed by atoms with Gasteiger partial charge in [-0.1, -0.05) is 0 Å². The molecular weight excluding hydrogens is 174 g/mol. The van der Waals surface area contributed by atoms with E-state index in [-0.39, 0.29) is 5.60 Å². The third kappa shape index (κ3) is 1.96. The zero-order chi connectivity index (χ0) is 10.4. The van der Waals surface area contributed by atoms with E-state index in [0.29, 0.717) is 11.6 Å². The lowest BCUT2D eigenvalue weighted by Crippen LogP contribution is -2.38. The first kappa shape index (κ1) is 10.4. The second-order valence-corrected chi connectivity index (χ2v) is 5.95. The van der Waals surface area contributed by atoms with E-state index in [1.54, 1.807) is 0 Å². The normalized spacial score (nSPS) is 31.3. The lowest BCUT2D eigenvalue weighted by molar-refractivity contribution is -0.0292. The van der Waals surface area contributed by atoms with E-state index in [1.165, 1.54) is 25.7 Å². The predicted octanol–water partition coefficient (Wildman–Crippen LogP) is 2.43. The minimum absolute atomic E-state index is 0.0140. The summed E-state index contributed by atoms with van der Waals surface area (Å²) >= 11 is 0. The fraction of sp³-hybridized carbons (Fsp3) is 1.00. The predicted molar refractivity (Wildman–Crippen MR) is 58.5 cm³/mol. The molecule has 82 valence electrons. The van der Waals surface area contributed by atoms with Crippen molar-refractivity contribution in [1.82, 2.24) is 4.90 Å². The summed E-state index contributed by atoms with van der Waals surface area (Å²) in [5.74, 6) is 0. The minimum atomic E-state index is 0.0140. The molecule has 2 rings (SSSR count). The largest absolute Gasteiger partial charge is 0.374 e. The molecule has 0 radical (unpaired) electrons. The highest BCUT2D eigenvalue weighted by atomic mass is 16.5. The molecule has 1 spiro atoms. The van der Waals surface area contributed by atoms with Gasteiger partial charge in [-0.05, 0) is 53.5 Å². The number of hydrogen-bond donors (Lipinski definition) is 0. The summed E-state index contributed by atoms with van der Waals surface area (Å²) < 4.78 is 5.86. The molecule has 0 aromatic heterocycles. The summed E-state index contributed by atoms with van der Waals surface area (Å²) in [5.41, 5.74) is 0.617. The number of rotatable bonds is 2. The van der Waals surface area contributed by atoms with Crippen LogP contribution in [0.25, 0.3) is 0 Å². The maximum Gasteiger partial charge on any atom is 0.0629 e. The summed E-state index contributed by atoms with van der Waals surface area (Å²) in [5, 5.41) is 0. The van der Waals surface area contributed by atoms with E-state index in [9.17, 15) is 0 Å². The molecule has 0 bridgehead atoms. The summed E-state index contributed by atoms with van der Waals surface area (Å²) in [6.45, 7) is 7.31. The molecule has 0 amide bonds. The second-order valence-electron chi connectivity index (χ2n) is 5.95. The van der Waals surface area contributed by atoms with Gasteiger partial charge in [-0.15, -0.1) is 0 Å². The van der Waals surface area contributed by atoms with Crippen molar-refractivity contribution in [2.45, 2.75) is 63.6 Å². The Morgan fingerprint density at radius 2 is 1.93 bits per heavy atom. The van der Waals surface area contributed by atoms with Crippen LogP contribution in [0.5, 0.6) is 0 Å². The average molecular weight is 197 g/mol. The fourth-order valence-corrected chi connectivity index (χ4v) is 2.48. The third-order valence-corrected chi connectivity index (χ3v) is 3.77. The zero-order valence-corrected chi connectivity index (χ0v) is 9.97. The van der Waals surface area contributed by atoms with E-state index < -0.39 is 0 Å². The highest BCUT2D eigenvalue weighted by Gasteiger charge is 2.52. The van der Waals surface area contributed by atoms with Gasteiger partial charge >= 0.3 is 0 Å². The standard InChI is InChI=1S/C12H23NO/c1-11(2,3)14-9-10-5-6-12(7-8-12)13(10)4/h10H,5-9H2,1-4H3/t10-/m0/s1. The molecule has 1 aliphatic carbocycles. The Bertz CT molecular complexity index is 215. The Balaban J connectivity index is 1.83. The molecular formula is C12H23NO. The summed E-state index contributed by atoms with van der Waals surface area (Å²) in [4.78, 5) is 2.57. The van der Waals surface area contributed by atoms with Gasteiger partial charge in [0.1, 0.15) is 0 Å². The van der Waals surface area contributed by atoms with Gasteiger partial charge in [0.15, 0.2) is 0 Å². The molecule has 1 saturated carbocycles. The molecule has 1 heterocycles. The van der Waals surface area contributed by atoms with Crippen LogP contribution in [-0.2, 0) is 4.74 Å². The number of nitrogens with zero attached hydrogens (tertiary/aromatic N) is 1. The minimum Gasteiger partial charge on any atom is -0.374 e. The van der Waals surface area contributed by atoms with Crippen molar-refractivity contribution in [3.63, 3.8) is 0 Å². The van der Waals surface area contributed by atoms with E-state index >= 15 is 0 Å². The molecule has 1 saturated heterocycles. The Hall–Kier alpha value is -0.0800. The van der Waals surface area contributed by atoms with Gasteiger partial charge in [0.05, 0.1) is 12.2 Å². The van der Waals surface area contributed by atoms with Crippen molar-refractivity contribution in [1.29, 1.82) is 0 Å². The van der Waals surface area contributed by atoms with Crippen molar-refractivity contribution in [2.24, 2.45) is 0 Å². The molecule has 0 unspecified atom stereocenters. The Morgan fingerprint density at radius 3 is 2.36 bits per heavy atom. The first-order valence-corrected chi connectivity index (χ1v) is 5.80. The summed E-state index contributed by atoms with van der Waals surface area (Å²) in [6, 6.07) is 0.664. The van der Waals surface area contributed by atoms with Crippen molar-refractivity contribution < 1.29 is 4.74 Å². The lowest BCUT2D eigenvalue weighted by Gasteiger charge is -2.28. The monoisotopic (exact) mass is 197 g/mol. The van der Waals surface area contributed by atoms with Crippen LogP contribution < -0.4 is 0 Å².